The van der Waals surface area contributed by atoms with Crippen LogP contribution in [0, 0.1) is 6.92 Å². The Bertz CT molecular complexity index is 629. The van der Waals surface area contributed by atoms with Crippen molar-refractivity contribution < 1.29 is 14.3 Å². The Labute approximate surface area is 122 Å². The number of benzene rings is 1. The number of pyridine rings is 1. The van der Waals surface area contributed by atoms with Crippen LogP contribution in [-0.4, -0.2) is 23.4 Å². The summed E-state index contributed by atoms with van der Waals surface area (Å²) in [6, 6.07) is 12.3. The summed E-state index contributed by atoms with van der Waals surface area (Å²) in [6.07, 6.45) is 1.50. The number of carbonyl (C=O) groups is 2. The van der Waals surface area contributed by atoms with Crippen LogP contribution in [0.2, 0.25) is 0 Å². The molecule has 0 aliphatic heterocycles. The van der Waals surface area contributed by atoms with Gasteiger partial charge in [-0.25, -0.2) is 0 Å². The summed E-state index contributed by atoms with van der Waals surface area (Å²) in [4.78, 5) is 27.1. The Morgan fingerprint density at radius 2 is 2.00 bits per heavy atom. The van der Waals surface area contributed by atoms with Crippen LogP contribution in [-0.2, 0) is 4.79 Å². The van der Waals surface area contributed by atoms with Gasteiger partial charge in [0, 0.05) is 6.20 Å². The number of nitrogens with zero attached hydrogens (tertiary/aromatic N) is 1. The van der Waals surface area contributed by atoms with Gasteiger partial charge in [-0.05, 0) is 36.8 Å². The number of nitrogens with one attached hydrogen (secondary N) is 2. The monoisotopic (exact) mass is 285 g/mol. The van der Waals surface area contributed by atoms with Gasteiger partial charge in [0.25, 0.3) is 11.8 Å². The van der Waals surface area contributed by atoms with Crippen LogP contribution in [0.4, 0.5) is 0 Å². The molecule has 2 amide bonds. The molecule has 0 aliphatic rings. The molecule has 2 N–H and O–H groups in total. The molecule has 0 fully saturated rings. The SMILES string of the molecule is Cc1cccc(OCC(=O)NNC(=O)c2ccccn2)c1. The fourth-order valence-electron chi connectivity index (χ4n) is 1.58. The van der Waals surface area contributed by atoms with Crippen molar-refractivity contribution in [2.45, 2.75) is 6.92 Å². The van der Waals surface area contributed by atoms with E-state index in [1.165, 1.54) is 6.20 Å². The highest BCUT2D eigenvalue weighted by Gasteiger charge is 2.08. The normalized spacial score (nSPS) is 9.76. The van der Waals surface area contributed by atoms with Crippen LogP contribution in [0.3, 0.4) is 0 Å². The van der Waals surface area contributed by atoms with Gasteiger partial charge in [0.05, 0.1) is 0 Å². The van der Waals surface area contributed by atoms with Gasteiger partial charge in [0.15, 0.2) is 6.61 Å². The van der Waals surface area contributed by atoms with E-state index in [4.69, 9.17) is 4.74 Å². The lowest BCUT2D eigenvalue weighted by molar-refractivity contribution is -0.123. The van der Waals surface area contributed by atoms with Gasteiger partial charge in [-0.2, -0.15) is 0 Å². The lowest BCUT2D eigenvalue weighted by atomic mass is 10.2. The van der Waals surface area contributed by atoms with Crippen molar-refractivity contribution in [2.24, 2.45) is 0 Å². The molecule has 0 radical (unpaired) electrons. The molecule has 1 heterocycles. The summed E-state index contributed by atoms with van der Waals surface area (Å²) >= 11 is 0. The first-order valence-corrected chi connectivity index (χ1v) is 6.35. The first-order chi connectivity index (χ1) is 10.1. The Morgan fingerprint density at radius 1 is 1.14 bits per heavy atom. The van der Waals surface area contributed by atoms with Crippen molar-refractivity contribution in [3.63, 3.8) is 0 Å². The van der Waals surface area contributed by atoms with Crippen molar-refractivity contribution >= 4 is 11.8 Å². The maximum absolute atomic E-state index is 11.6. The van der Waals surface area contributed by atoms with Gasteiger partial charge >= 0.3 is 0 Å². The number of aromatic nitrogens is 1. The van der Waals surface area contributed by atoms with Crippen molar-refractivity contribution in [3.05, 3.63) is 59.9 Å². The maximum Gasteiger partial charge on any atom is 0.288 e. The summed E-state index contributed by atoms with van der Waals surface area (Å²) in [5, 5.41) is 0. The molecule has 0 spiro atoms. The quantitative estimate of drug-likeness (QED) is 0.828. The van der Waals surface area contributed by atoms with Crippen LogP contribution < -0.4 is 15.6 Å². The average molecular weight is 285 g/mol. The highest BCUT2D eigenvalue weighted by atomic mass is 16.5. The zero-order valence-corrected chi connectivity index (χ0v) is 11.5. The molecule has 1 aromatic heterocycles. The predicted octanol–water partition coefficient (Wildman–Crippen LogP) is 1.23. The summed E-state index contributed by atoms with van der Waals surface area (Å²) in [7, 11) is 0. The van der Waals surface area contributed by atoms with Crippen LogP contribution in [0.5, 0.6) is 5.75 Å². The molecule has 1 aromatic carbocycles. The molecule has 0 saturated heterocycles. The molecular weight excluding hydrogens is 270 g/mol. The molecule has 6 heteroatoms. The second-order valence-corrected chi connectivity index (χ2v) is 4.32. The summed E-state index contributed by atoms with van der Waals surface area (Å²) in [5.41, 5.74) is 5.79. The topological polar surface area (TPSA) is 80.3 Å². The highest BCUT2D eigenvalue weighted by molar-refractivity contribution is 5.93. The van der Waals surface area contributed by atoms with Crippen molar-refractivity contribution in [1.29, 1.82) is 0 Å². The molecule has 6 nitrogen and oxygen atoms in total. The molecule has 0 saturated carbocycles. The van der Waals surface area contributed by atoms with E-state index in [1.807, 2.05) is 25.1 Å². The fraction of sp³-hybridized carbons (Fsp3) is 0.133. The molecule has 0 unspecified atom stereocenters. The predicted molar refractivity (Wildman–Crippen MR) is 76.5 cm³/mol. The minimum Gasteiger partial charge on any atom is -0.484 e. The lowest BCUT2D eigenvalue weighted by Crippen LogP contribution is -2.44. The van der Waals surface area contributed by atoms with E-state index in [0.717, 1.165) is 5.56 Å². The number of carbonyl (C=O) groups excluding carboxylic acids is 2. The molecule has 0 bridgehead atoms. The van der Waals surface area contributed by atoms with E-state index in [-0.39, 0.29) is 12.3 Å². The van der Waals surface area contributed by atoms with E-state index >= 15 is 0 Å². The Kier molecular flexibility index (Phi) is 4.87. The lowest BCUT2D eigenvalue weighted by Gasteiger charge is -2.08. The smallest absolute Gasteiger partial charge is 0.288 e. The van der Waals surface area contributed by atoms with Crippen molar-refractivity contribution in [2.75, 3.05) is 6.61 Å². The number of ether oxygens (including phenoxy) is 1. The minimum atomic E-state index is -0.487. The van der Waals surface area contributed by atoms with Gasteiger partial charge < -0.3 is 4.74 Å². The van der Waals surface area contributed by atoms with Crippen LogP contribution >= 0.6 is 0 Å². The molecule has 0 atom stereocenters. The van der Waals surface area contributed by atoms with E-state index in [0.29, 0.717) is 5.75 Å². The van der Waals surface area contributed by atoms with Crippen LogP contribution in [0.15, 0.2) is 48.7 Å². The summed E-state index contributed by atoms with van der Waals surface area (Å²) < 4.78 is 5.31. The van der Waals surface area contributed by atoms with E-state index in [1.54, 1.807) is 24.3 Å². The maximum atomic E-state index is 11.6. The summed E-state index contributed by atoms with van der Waals surface area (Å²) in [5.74, 6) is -0.346. The molecule has 108 valence electrons. The van der Waals surface area contributed by atoms with Gasteiger partial charge in [0.1, 0.15) is 11.4 Å². The number of hydrogen-bond donors (Lipinski definition) is 2. The number of amides is 2. The molecular formula is C15H15N3O3. The van der Waals surface area contributed by atoms with E-state index < -0.39 is 11.8 Å². The third-order valence-electron chi connectivity index (χ3n) is 2.57. The number of aryl methyl sites for hydroxylation is 1. The Balaban J connectivity index is 1.76. The van der Waals surface area contributed by atoms with Crippen molar-refractivity contribution in [1.82, 2.24) is 15.8 Å². The standard InChI is InChI=1S/C15H15N3O3/c1-11-5-4-6-12(9-11)21-10-14(19)17-18-15(20)13-7-2-3-8-16-13/h2-9H,10H2,1H3,(H,17,19)(H,18,20). The third kappa shape index (κ3) is 4.61. The first kappa shape index (κ1) is 14.5. The highest BCUT2D eigenvalue weighted by Crippen LogP contribution is 2.11. The first-order valence-electron chi connectivity index (χ1n) is 6.35. The zero-order chi connectivity index (χ0) is 15.1. The fourth-order valence-corrected chi connectivity index (χ4v) is 1.58. The van der Waals surface area contributed by atoms with Crippen molar-refractivity contribution in [3.8, 4) is 5.75 Å². The van der Waals surface area contributed by atoms with Gasteiger partial charge in [-0.1, -0.05) is 18.2 Å². The summed E-state index contributed by atoms with van der Waals surface area (Å²) in [6.45, 7) is 1.74. The molecule has 0 aliphatic carbocycles. The molecule has 21 heavy (non-hydrogen) atoms. The van der Waals surface area contributed by atoms with E-state index in [9.17, 15) is 9.59 Å². The number of hydrazine groups is 1. The third-order valence-corrected chi connectivity index (χ3v) is 2.57. The molecule has 2 rings (SSSR count). The second-order valence-electron chi connectivity index (χ2n) is 4.32. The Morgan fingerprint density at radius 3 is 2.71 bits per heavy atom. The second kappa shape index (κ2) is 7.04. The Hall–Kier alpha value is -2.89. The number of hydrogen-bond acceptors (Lipinski definition) is 4. The van der Waals surface area contributed by atoms with Gasteiger partial charge in [0.2, 0.25) is 0 Å². The zero-order valence-electron chi connectivity index (χ0n) is 11.5. The average Bonchev–Trinajstić information content (AvgIpc) is 2.51. The van der Waals surface area contributed by atoms with Crippen LogP contribution in [0.25, 0.3) is 0 Å². The molecule has 2 aromatic rings. The van der Waals surface area contributed by atoms with Crippen LogP contribution in [0.1, 0.15) is 16.1 Å². The van der Waals surface area contributed by atoms with Gasteiger partial charge in [-0.3, -0.25) is 25.4 Å². The van der Waals surface area contributed by atoms with E-state index in [2.05, 4.69) is 15.8 Å². The largest absolute Gasteiger partial charge is 0.484 e. The number of rotatable bonds is 4. The van der Waals surface area contributed by atoms with Gasteiger partial charge in [-0.15, -0.1) is 0 Å². The minimum absolute atomic E-state index is 0.189.